The molecular weight excluding hydrogens is 241 g/mol. The van der Waals surface area contributed by atoms with Gasteiger partial charge >= 0.3 is 0 Å². The first kappa shape index (κ1) is 12.1. The van der Waals surface area contributed by atoms with E-state index in [1.165, 1.54) is 6.07 Å². The van der Waals surface area contributed by atoms with Crippen molar-refractivity contribution in [3.63, 3.8) is 0 Å². The van der Waals surface area contributed by atoms with E-state index in [1.54, 1.807) is 16.8 Å². The highest BCUT2D eigenvalue weighted by Crippen LogP contribution is 2.24. The van der Waals surface area contributed by atoms with Gasteiger partial charge in [-0.15, -0.1) is 0 Å². The Morgan fingerprint density at radius 2 is 2.18 bits per heavy atom. The topological polar surface area (TPSA) is 29.9 Å². The molecule has 3 nitrogen and oxygen atoms in total. The molecule has 0 spiro atoms. The van der Waals surface area contributed by atoms with Crippen LogP contribution in [0.2, 0.25) is 5.02 Å². The average molecular weight is 254 g/mol. The van der Waals surface area contributed by atoms with Crippen LogP contribution in [0, 0.1) is 5.82 Å². The minimum Gasteiger partial charge on any atom is -0.308 e. The molecule has 1 aromatic heterocycles. The van der Waals surface area contributed by atoms with Gasteiger partial charge in [0.15, 0.2) is 0 Å². The molecular formula is C12H13ClFN3. The van der Waals surface area contributed by atoms with Gasteiger partial charge in [-0.2, -0.15) is 5.10 Å². The summed E-state index contributed by atoms with van der Waals surface area (Å²) in [7, 11) is 3.68. The number of rotatable bonds is 3. The van der Waals surface area contributed by atoms with E-state index >= 15 is 0 Å². The second-order valence-electron chi connectivity index (χ2n) is 3.81. The van der Waals surface area contributed by atoms with Gasteiger partial charge < -0.3 is 5.32 Å². The lowest BCUT2D eigenvalue weighted by molar-refractivity contribution is 0.618. The third-order valence-corrected chi connectivity index (χ3v) is 2.89. The van der Waals surface area contributed by atoms with Crippen molar-refractivity contribution in [2.75, 3.05) is 7.05 Å². The van der Waals surface area contributed by atoms with Gasteiger partial charge in [0.2, 0.25) is 0 Å². The van der Waals surface area contributed by atoms with E-state index < -0.39 is 5.82 Å². The van der Waals surface area contributed by atoms with Crippen LogP contribution < -0.4 is 5.32 Å². The first-order chi connectivity index (χ1) is 8.11. The summed E-state index contributed by atoms with van der Waals surface area (Å²) in [5.41, 5.74) is 1.76. The zero-order valence-electron chi connectivity index (χ0n) is 9.61. The SMILES string of the molecule is CNC(c1ccc(F)c(Cl)c1)c1ccn(C)n1. The maximum Gasteiger partial charge on any atom is 0.141 e. The first-order valence-corrected chi connectivity index (χ1v) is 5.61. The van der Waals surface area contributed by atoms with E-state index in [0.717, 1.165) is 11.3 Å². The molecule has 1 N–H and O–H groups in total. The summed E-state index contributed by atoms with van der Waals surface area (Å²) >= 11 is 5.78. The molecule has 0 radical (unpaired) electrons. The molecule has 1 aromatic carbocycles. The summed E-state index contributed by atoms with van der Waals surface area (Å²) in [6, 6.07) is 6.52. The highest BCUT2D eigenvalue weighted by molar-refractivity contribution is 6.30. The average Bonchev–Trinajstić information content (AvgIpc) is 2.71. The lowest BCUT2D eigenvalue weighted by Gasteiger charge is -2.14. The maximum absolute atomic E-state index is 13.1. The van der Waals surface area contributed by atoms with Crippen LogP contribution >= 0.6 is 11.6 Å². The monoisotopic (exact) mass is 253 g/mol. The fraction of sp³-hybridized carbons (Fsp3) is 0.250. The Hall–Kier alpha value is -1.39. The van der Waals surface area contributed by atoms with Gasteiger partial charge in [0.1, 0.15) is 5.82 Å². The van der Waals surface area contributed by atoms with Crippen molar-refractivity contribution >= 4 is 11.6 Å². The van der Waals surface area contributed by atoms with Crippen LogP contribution in [0.5, 0.6) is 0 Å². The Balaban J connectivity index is 2.38. The third kappa shape index (κ3) is 2.48. The van der Waals surface area contributed by atoms with Crippen molar-refractivity contribution in [2.45, 2.75) is 6.04 Å². The van der Waals surface area contributed by atoms with Crippen LogP contribution in [-0.2, 0) is 7.05 Å². The Bertz CT molecular complexity index is 524. The summed E-state index contributed by atoms with van der Waals surface area (Å²) in [4.78, 5) is 0. The lowest BCUT2D eigenvalue weighted by Crippen LogP contribution is -2.18. The molecule has 5 heteroatoms. The Labute approximate surface area is 104 Å². The molecule has 0 aliphatic rings. The molecule has 0 aliphatic heterocycles. The van der Waals surface area contributed by atoms with Gasteiger partial charge in [-0.25, -0.2) is 4.39 Å². The van der Waals surface area contributed by atoms with Crippen LogP contribution in [0.4, 0.5) is 4.39 Å². The number of halogens is 2. The summed E-state index contributed by atoms with van der Waals surface area (Å²) in [5, 5.41) is 7.59. The van der Waals surface area contributed by atoms with Crippen molar-refractivity contribution in [3.8, 4) is 0 Å². The molecule has 0 amide bonds. The number of nitrogens with one attached hydrogen (secondary N) is 1. The van der Waals surface area contributed by atoms with Crippen LogP contribution in [0.3, 0.4) is 0 Å². The molecule has 17 heavy (non-hydrogen) atoms. The van der Waals surface area contributed by atoms with Gasteiger partial charge in [0.25, 0.3) is 0 Å². The molecule has 1 unspecified atom stereocenters. The molecule has 0 fully saturated rings. The van der Waals surface area contributed by atoms with E-state index in [9.17, 15) is 4.39 Å². The van der Waals surface area contributed by atoms with Crippen LogP contribution in [0.25, 0.3) is 0 Å². The summed E-state index contributed by atoms with van der Waals surface area (Å²) in [5.74, 6) is -0.411. The number of hydrogen-bond acceptors (Lipinski definition) is 2. The van der Waals surface area contributed by atoms with E-state index in [1.807, 2.05) is 26.4 Å². The van der Waals surface area contributed by atoms with E-state index in [2.05, 4.69) is 10.4 Å². The van der Waals surface area contributed by atoms with Crippen LogP contribution in [-0.4, -0.2) is 16.8 Å². The minimum atomic E-state index is -0.411. The Kier molecular flexibility index (Phi) is 3.45. The van der Waals surface area contributed by atoms with Crippen molar-refractivity contribution in [2.24, 2.45) is 7.05 Å². The fourth-order valence-corrected chi connectivity index (χ4v) is 1.95. The highest BCUT2D eigenvalue weighted by Gasteiger charge is 2.15. The lowest BCUT2D eigenvalue weighted by atomic mass is 10.0. The maximum atomic E-state index is 13.1. The van der Waals surface area contributed by atoms with Crippen molar-refractivity contribution < 1.29 is 4.39 Å². The normalized spacial score (nSPS) is 12.7. The number of aryl methyl sites for hydroxylation is 1. The predicted molar refractivity (Wildman–Crippen MR) is 65.5 cm³/mol. The van der Waals surface area contributed by atoms with Gasteiger partial charge in [0.05, 0.1) is 16.8 Å². The van der Waals surface area contributed by atoms with Crippen molar-refractivity contribution in [1.29, 1.82) is 0 Å². The molecule has 1 atom stereocenters. The molecule has 1 heterocycles. The molecule has 0 aliphatic carbocycles. The highest BCUT2D eigenvalue weighted by atomic mass is 35.5. The Morgan fingerprint density at radius 1 is 1.41 bits per heavy atom. The van der Waals surface area contributed by atoms with Crippen molar-refractivity contribution in [1.82, 2.24) is 15.1 Å². The molecule has 2 aromatic rings. The first-order valence-electron chi connectivity index (χ1n) is 5.23. The zero-order chi connectivity index (χ0) is 12.4. The van der Waals surface area contributed by atoms with Gasteiger partial charge in [0, 0.05) is 13.2 Å². The summed E-state index contributed by atoms with van der Waals surface area (Å²) in [6.07, 6.45) is 1.87. The second-order valence-corrected chi connectivity index (χ2v) is 4.22. The number of nitrogens with zero attached hydrogens (tertiary/aromatic N) is 2. The van der Waals surface area contributed by atoms with Gasteiger partial charge in [-0.1, -0.05) is 17.7 Å². The van der Waals surface area contributed by atoms with E-state index in [-0.39, 0.29) is 11.1 Å². The van der Waals surface area contributed by atoms with Crippen LogP contribution in [0.1, 0.15) is 17.3 Å². The molecule has 2 rings (SSSR count). The Morgan fingerprint density at radius 3 is 2.71 bits per heavy atom. The quantitative estimate of drug-likeness (QED) is 0.911. The van der Waals surface area contributed by atoms with Crippen LogP contribution in [0.15, 0.2) is 30.5 Å². The largest absolute Gasteiger partial charge is 0.308 e. The standard InChI is InChI=1S/C12H13ClFN3/c1-15-12(11-5-6-17(2)16-11)8-3-4-10(14)9(13)7-8/h3-7,12,15H,1-2H3. The zero-order valence-corrected chi connectivity index (χ0v) is 10.4. The number of hydrogen-bond donors (Lipinski definition) is 1. The molecule has 0 saturated carbocycles. The molecule has 0 bridgehead atoms. The third-order valence-electron chi connectivity index (χ3n) is 2.60. The smallest absolute Gasteiger partial charge is 0.141 e. The van der Waals surface area contributed by atoms with Crippen molar-refractivity contribution in [3.05, 3.63) is 52.6 Å². The molecule has 90 valence electrons. The van der Waals surface area contributed by atoms with E-state index in [0.29, 0.717) is 0 Å². The number of aromatic nitrogens is 2. The fourth-order valence-electron chi connectivity index (χ4n) is 1.76. The second kappa shape index (κ2) is 4.85. The predicted octanol–water partition coefficient (Wildman–Crippen LogP) is 2.52. The minimum absolute atomic E-state index is 0.0886. The summed E-state index contributed by atoms with van der Waals surface area (Å²) in [6.45, 7) is 0. The molecule has 0 saturated heterocycles. The van der Waals surface area contributed by atoms with E-state index in [4.69, 9.17) is 11.6 Å². The van der Waals surface area contributed by atoms with Gasteiger partial charge in [-0.3, -0.25) is 4.68 Å². The summed E-state index contributed by atoms with van der Waals surface area (Å²) < 4.78 is 14.8. The number of benzene rings is 1. The van der Waals surface area contributed by atoms with Gasteiger partial charge in [-0.05, 0) is 30.8 Å².